The molecule has 1 atom stereocenters. The van der Waals surface area contributed by atoms with Crippen molar-refractivity contribution in [1.29, 1.82) is 0 Å². The molecule has 1 unspecified atom stereocenters. The summed E-state index contributed by atoms with van der Waals surface area (Å²) in [6.07, 6.45) is 4.12. The van der Waals surface area contributed by atoms with Crippen LogP contribution in [0.5, 0.6) is 5.75 Å². The molecule has 0 spiro atoms. The number of aromatic nitrogens is 2. The van der Waals surface area contributed by atoms with Crippen LogP contribution in [-0.4, -0.2) is 35.9 Å². The van der Waals surface area contributed by atoms with Crippen LogP contribution in [0.2, 0.25) is 0 Å². The number of nitrogens with one attached hydrogen (secondary N) is 1. The summed E-state index contributed by atoms with van der Waals surface area (Å²) in [5.74, 6) is 0.650. The molecule has 2 heterocycles. The third kappa shape index (κ3) is 4.49. The number of anilines is 1. The van der Waals surface area contributed by atoms with Gasteiger partial charge in [0.25, 0.3) is 5.91 Å². The Hall–Kier alpha value is -3.12. The Kier molecular flexibility index (Phi) is 5.91. The highest BCUT2D eigenvalue weighted by Gasteiger charge is 2.23. The zero-order valence-electron chi connectivity index (χ0n) is 16.6. The van der Waals surface area contributed by atoms with E-state index in [1.807, 2.05) is 71.5 Å². The van der Waals surface area contributed by atoms with E-state index in [9.17, 15) is 4.79 Å². The van der Waals surface area contributed by atoms with Gasteiger partial charge in [0.15, 0.2) is 5.69 Å². The van der Waals surface area contributed by atoms with Crippen LogP contribution in [0, 0.1) is 0 Å². The number of carbonyl (C=O) groups is 1. The molecule has 1 amide bonds. The summed E-state index contributed by atoms with van der Waals surface area (Å²) in [7, 11) is 1.63. The molecule has 1 fully saturated rings. The summed E-state index contributed by atoms with van der Waals surface area (Å²) in [5.41, 5.74) is 2.34. The van der Waals surface area contributed by atoms with Crippen molar-refractivity contribution in [3.05, 3.63) is 78.1 Å². The van der Waals surface area contributed by atoms with Gasteiger partial charge in [-0.3, -0.25) is 9.48 Å². The first kappa shape index (κ1) is 19.2. The molecule has 1 aliphatic heterocycles. The van der Waals surface area contributed by atoms with Crippen LogP contribution >= 0.6 is 0 Å². The van der Waals surface area contributed by atoms with Crippen LogP contribution in [0.1, 0.15) is 34.9 Å². The predicted molar refractivity (Wildman–Crippen MR) is 113 cm³/mol. The Morgan fingerprint density at radius 1 is 1.17 bits per heavy atom. The molecule has 2 aromatic carbocycles. The molecule has 0 saturated carbocycles. The standard InChI is InChI=1S/C23H26N4O2/c1-29-21-11-9-19(10-12-21)26(17-18-6-3-2-4-7-18)23(28)22-13-15-27(25-22)20-8-5-14-24-16-20/h2-4,6-7,9-13,15,20,24H,5,8,14,16-17H2,1H3. The van der Waals surface area contributed by atoms with Crippen molar-refractivity contribution in [1.82, 2.24) is 15.1 Å². The second-order valence-electron chi connectivity index (χ2n) is 7.26. The molecule has 3 aromatic rings. The monoisotopic (exact) mass is 390 g/mol. The van der Waals surface area contributed by atoms with E-state index in [1.165, 1.54) is 0 Å². The summed E-state index contributed by atoms with van der Waals surface area (Å²) in [6, 6.07) is 19.7. The third-order valence-electron chi connectivity index (χ3n) is 5.29. The van der Waals surface area contributed by atoms with Crippen LogP contribution in [0.4, 0.5) is 5.69 Å². The van der Waals surface area contributed by atoms with E-state index in [2.05, 4.69) is 10.4 Å². The second kappa shape index (κ2) is 8.92. The van der Waals surface area contributed by atoms with E-state index in [0.717, 1.165) is 42.9 Å². The van der Waals surface area contributed by atoms with Crippen molar-refractivity contribution >= 4 is 11.6 Å². The zero-order chi connectivity index (χ0) is 20.1. The van der Waals surface area contributed by atoms with E-state index in [-0.39, 0.29) is 5.91 Å². The van der Waals surface area contributed by atoms with Crippen LogP contribution in [-0.2, 0) is 6.54 Å². The highest BCUT2D eigenvalue weighted by molar-refractivity contribution is 6.04. The van der Waals surface area contributed by atoms with Gasteiger partial charge in [0.05, 0.1) is 19.7 Å². The van der Waals surface area contributed by atoms with Gasteiger partial charge >= 0.3 is 0 Å². The van der Waals surface area contributed by atoms with Gasteiger partial charge in [-0.2, -0.15) is 5.10 Å². The number of benzene rings is 2. The number of amides is 1. The molecule has 1 N–H and O–H groups in total. The lowest BCUT2D eigenvalue weighted by Gasteiger charge is -2.24. The fraction of sp³-hybridized carbons (Fsp3) is 0.304. The van der Waals surface area contributed by atoms with Crippen LogP contribution in [0.3, 0.4) is 0 Å². The Balaban J connectivity index is 1.60. The number of carbonyl (C=O) groups excluding carboxylic acids is 1. The zero-order valence-corrected chi connectivity index (χ0v) is 16.6. The summed E-state index contributed by atoms with van der Waals surface area (Å²) in [6.45, 7) is 2.41. The Morgan fingerprint density at radius 2 is 1.97 bits per heavy atom. The van der Waals surface area contributed by atoms with Crippen molar-refractivity contribution in [2.45, 2.75) is 25.4 Å². The van der Waals surface area contributed by atoms with E-state index < -0.39 is 0 Å². The Morgan fingerprint density at radius 3 is 2.66 bits per heavy atom. The van der Waals surface area contributed by atoms with E-state index >= 15 is 0 Å². The predicted octanol–water partition coefficient (Wildman–Crippen LogP) is 3.66. The number of hydrogen-bond donors (Lipinski definition) is 1. The van der Waals surface area contributed by atoms with E-state index in [4.69, 9.17) is 4.74 Å². The van der Waals surface area contributed by atoms with Crippen molar-refractivity contribution in [3.63, 3.8) is 0 Å². The molecular weight excluding hydrogens is 364 g/mol. The maximum Gasteiger partial charge on any atom is 0.279 e. The lowest BCUT2D eigenvalue weighted by molar-refractivity contribution is 0.0979. The highest BCUT2D eigenvalue weighted by atomic mass is 16.5. The van der Waals surface area contributed by atoms with Crippen LogP contribution < -0.4 is 15.0 Å². The van der Waals surface area contributed by atoms with Gasteiger partial charge in [-0.15, -0.1) is 0 Å². The van der Waals surface area contributed by atoms with Crippen molar-refractivity contribution < 1.29 is 9.53 Å². The first-order chi connectivity index (χ1) is 14.2. The van der Waals surface area contributed by atoms with Gasteiger partial charge in [-0.05, 0) is 55.3 Å². The minimum atomic E-state index is -0.110. The third-order valence-corrected chi connectivity index (χ3v) is 5.29. The molecule has 1 aliphatic rings. The molecule has 0 radical (unpaired) electrons. The fourth-order valence-electron chi connectivity index (χ4n) is 3.66. The molecule has 6 heteroatoms. The first-order valence-electron chi connectivity index (χ1n) is 10.0. The lowest BCUT2D eigenvalue weighted by Crippen LogP contribution is -2.33. The number of rotatable bonds is 6. The summed E-state index contributed by atoms with van der Waals surface area (Å²) in [5, 5.41) is 8.01. The molecule has 29 heavy (non-hydrogen) atoms. The van der Waals surface area contributed by atoms with Gasteiger partial charge in [-0.1, -0.05) is 30.3 Å². The first-order valence-corrected chi connectivity index (χ1v) is 10.0. The normalized spacial score (nSPS) is 16.4. The largest absolute Gasteiger partial charge is 0.497 e. The number of piperidine rings is 1. The summed E-state index contributed by atoms with van der Waals surface area (Å²) in [4.78, 5) is 15.2. The van der Waals surface area contributed by atoms with Gasteiger partial charge < -0.3 is 15.0 Å². The minimum Gasteiger partial charge on any atom is -0.497 e. The van der Waals surface area contributed by atoms with Crippen molar-refractivity contribution in [3.8, 4) is 5.75 Å². The number of ether oxygens (including phenoxy) is 1. The maximum absolute atomic E-state index is 13.4. The van der Waals surface area contributed by atoms with Crippen LogP contribution in [0.25, 0.3) is 0 Å². The Bertz CT molecular complexity index is 931. The molecule has 6 nitrogen and oxygen atoms in total. The fourth-order valence-corrected chi connectivity index (χ4v) is 3.66. The van der Waals surface area contributed by atoms with E-state index in [1.54, 1.807) is 12.0 Å². The Labute approximate surface area is 171 Å². The molecule has 0 bridgehead atoms. The molecular formula is C23H26N4O2. The molecule has 1 aromatic heterocycles. The molecule has 1 saturated heterocycles. The topological polar surface area (TPSA) is 59.4 Å². The quantitative estimate of drug-likeness (QED) is 0.698. The molecule has 150 valence electrons. The highest BCUT2D eigenvalue weighted by Crippen LogP contribution is 2.24. The number of hydrogen-bond acceptors (Lipinski definition) is 4. The molecule has 0 aliphatic carbocycles. The average Bonchev–Trinajstić information content (AvgIpc) is 3.29. The molecule has 4 rings (SSSR count). The maximum atomic E-state index is 13.4. The van der Waals surface area contributed by atoms with Gasteiger partial charge in [-0.25, -0.2) is 0 Å². The van der Waals surface area contributed by atoms with Crippen LogP contribution in [0.15, 0.2) is 66.9 Å². The lowest BCUT2D eigenvalue weighted by atomic mass is 10.1. The average molecular weight is 390 g/mol. The summed E-state index contributed by atoms with van der Waals surface area (Å²) >= 11 is 0. The number of nitrogens with zero attached hydrogens (tertiary/aromatic N) is 3. The number of methoxy groups -OCH3 is 1. The van der Waals surface area contributed by atoms with Gasteiger partial charge in [0.1, 0.15) is 5.75 Å². The second-order valence-corrected chi connectivity index (χ2v) is 7.26. The minimum absolute atomic E-state index is 0.110. The van der Waals surface area contributed by atoms with Gasteiger partial charge in [0, 0.05) is 18.4 Å². The van der Waals surface area contributed by atoms with Crippen molar-refractivity contribution in [2.75, 3.05) is 25.1 Å². The van der Waals surface area contributed by atoms with Crippen molar-refractivity contribution in [2.24, 2.45) is 0 Å². The SMILES string of the molecule is COc1ccc(N(Cc2ccccc2)C(=O)c2ccn(C3CCCNC3)n2)cc1. The van der Waals surface area contributed by atoms with Gasteiger partial charge in [0.2, 0.25) is 0 Å². The van der Waals surface area contributed by atoms with E-state index in [0.29, 0.717) is 18.3 Å². The smallest absolute Gasteiger partial charge is 0.279 e. The summed E-state index contributed by atoms with van der Waals surface area (Å²) < 4.78 is 7.18.